The normalized spacial score (nSPS) is 15.0. The molecule has 1 rings (SSSR count). The fourth-order valence-electron chi connectivity index (χ4n) is 2.21. The monoisotopic (exact) mass is 353 g/mol. The first kappa shape index (κ1) is 20.0. The van der Waals surface area contributed by atoms with Crippen LogP contribution in [0.1, 0.15) is 40.2 Å². The predicted octanol–water partition coefficient (Wildman–Crippen LogP) is 3.16. The summed E-state index contributed by atoms with van der Waals surface area (Å²) in [4.78, 5) is 35.6. The van der Waals surface area contributed by atoms with Gasteiger partial charge in [0.25, 0.3) is 0 Å². The van der Waals surface area contributed by atoms with E-state index in [4.69, 9.17) is 4.74 Å². The summed E-state index contributed by atoms with van der Waals surface area (Å²) < 4.78 is 3.96. The van der Waals surface area contributed by atoms with Gasteiger partial charge >= 0.3 is 12.1 Å². The lowest BCUT2D eigenvalue weighted by molar-refractivity contribution is -0.140. The van der Waals surface area contributed by atoms with Crippen LogP contribution in [0.25, 0.3) is 0 Å². The average Bonchev–Trinajstić information content (AvgIpc) is 2.42. The first-order chi connectivity index (χ1) is 11.0. The fraction of sp³-hybridized carbons (Fsp3) is 0.471. The van der Waals surface area contributed by atoms with E-state index < -0.39 is 28.5 Å². The first-order valence-corrected chi connectivity index (χ1v) is 8.25. The van der Waals surface area contributed by atoms with E-state index in [1.165, 1.54) is 6.92 Å². The van der Waals surface area contributed by atoms with Gasteiger partial charge in [0, 0.05) is 6.92 Å². The van der Waals surface area contributed by atoms with Gasteiger partial charge in [0.15, 0.2) is 5.12 Å². The highest BCUT2D eigenvalue weighted by Gasteiger charge is 2.44. The Bertz CT molecular complexity index is 611. The Balaban J connectivity index is 3.22. The molecule has 7 heteroatoms. The highest BCUT2D eigenvalue weighted by Crippen LogP contribution is 2.40. The first-order valence-electron chi connectivity index (χ1n) is 7.43. The number of hydrogen-bond donors (Lipinski definition) is 2. The lowest BCUT2D eigenvalue weighted by Gasteiger charge is -2.35. The summed E-state index contributed by atoms with van der Waals surface area (Å²) in [5, 5.41) is 11.8. The van der Waals surface area contributed by atoms with E-state index in [-0.39, 0.29) is 5.12 Å². The van der Waals surface area contributed by atoms with Crippen molar-refractivity contribution in [2.75, 3.05) is 0 Å². The van der Waals surface area contributed by atoms with Gasteiger partial charge in [-0.1, -0.05) is 42.1 Å². The molecule has 0 aromatic heterocycles. The smallest absolute Gasteiger partial charge is 0.408 e. The van der Waals surface area contributed by atoms with Crippen molar-refractivity contribution in [1.29, 1.82) is 0 Å². The molecular formula is C17H23NO5S. The minimum absolute atomic E-state index is 0.251. The summed E-state index contributed by atoms with van der Waals surface area (Å²) >= 11 is 0.861. The van der Waals surface area contributed by atoms with E-state index in [0.29, 0.717) is 5.56 Å². The molecule has 2 atom stereocenters. The van der Waals surface area contributed by atoms with Crippen LogP contribution in [0.3, 0.4) is 0 Å². The van der Waals surface area contributed by atoms with Crippen LogP contribution in [0, 0.1) is 0 Å². The van der Waals surface area contributed by atoms with Crippen LogP contribution >= 0.6 is 11.8 Å². The zero-order valence-electron chi connectivity index (χ0n) is 14.5. The van der Waals surface area contributed by atoms with Crippen LogP contribution in [0.5, 0.6) is 0 Å². The summed E-state index contributed by atoms with van der Waals surface area (Å²) in [6, 6.07) is 7.40. The molecule has 0 aliphatic rings. The molecule has 0 aliphatic heterocycles. The number of rotatable bonds is 5. The standard InChI is InChI=1S/C17H23NO5S/c1-11(19)24-17(5,12-9-7-6-8-10-12)13(14(20)21)18-15(22)23-16(2,3)4/h6-10,13H,1-5H3,(H,18,22)(H,20,21)/t13-,17-/m1/s1. The minimum atomic E-state index is -1.34. The lowest BCUT2D eigenvalue weighted by atomic mass is 9.92. The molecule has 24 heavy (non-hydrogen) atoms. The second-order valence-corrected chi connectivity index (χ2v) is 8.11. The van der Waals surface area contributed by atoms with Crippen molar-refractivity contribution in [3.63, 3.8) is 0 Å². The van der Waals surface area contributed by atoms with Crippen LogP contribution in [0.15, 0.2) is 30.3 Å². The summed E-state index contributed by atoms with van der Waals surface area (Å²) in [7, 11) is 0. The van der Waals surface area contributed by atoms with Gasteiger partial charge in [-0.25, -0.2) is 9.59 Å². The Morgan fingerprint density at radius 2 is 1.67 bits per heavy atom. The number of amides is 1. The van der Waals surface area contributed by atoms with Crippen molar-refractivity contribution >= 4 is 28.9 Å². The number of carboxylic acids is 1. The van der Waals surface area contributed by atoms with Crippen molar-refractivity contribution in [3.05, 3.63) is 35.9 Å². The molecule has 0 aliphatic carbocycles. The molecule has 1 amide bonds. The van der Waals surface area contributed by atoms with E-state index in [1.54, 1.807) is 58.0 Å². The molecule has 0 saturated heterocycles. The van der Waals surface area contributed by atoms with Crippen LogP contribution in [0.4, 0.5) is 4.79 Å². The molecule has 2 N–H and O–H groups in total. The Kier molecular flexibility index (Phi) is 6.42. The Morgan fingerprint density at radius 3 is 2.08 bits per heavy atom. The van der Waals surface area contributed by atoms with Crippen LogP contribution in [0.2, 0.25) is 0 Å². The highest BCUT2D eigenvalue weighted by atomic mass is 32.2. The maximum absolute atomic E-state index is 12.0. The van der Waals surface area contributed by atoms with Gasteiger partial charge in [-0.2, -0.15) is 0 Å². The second kappa shape index (κ2) is 7.70. The average molecular weight is 353 g/mol. The molecule has 0 heterocycles. The topological polar surface area (TPSA) is 92.7 Å². The summed E-state index contributed by atoms with van der Waals surface area (Å²) in [6.07, 6.45) is -0.846. The molecule has 1 aromatic rings. The van der Waals surface area contributed by atoms with Crippen molar-refractivity contribution in [3.8, 4) is 0 Å². The van der Waals surface area contributed by atoms with Gasteiger partial charge in [-0.15, -0.1) is 0 Å². The van der Waals surface area contributed by atoms with Crippen molar-refractivity contribution in [2.24, 2.45) is 0 Å². The molecular weight excluding hydrogens is 330 g/mol. The van der Waals surface area contributed by atoms with E-state index >= 15 is 0 Å². The van der Waals surface area contributed by atoms with Crippen molar-refractivity contribution in [1.82, 2.24) is 5.32 Å². The molecule has 132 valence electrons. The number of carboxylic acid groups (broad SMARTS) is 1. The lowest BCUT2D eigenvalue weighted by Crippen LogP contribution is -2.53. The van der Waals surface area contributed by atoms with Crippen LogP contribution in [-0.2, 0) is 19.1 Å². The van der Waals surface area contributed by atoms with Crippen molar-refractivity contribution in [2.45, 2.75) is 51.0 Å². The van der Waals surface area contributed by atoms with Gasteiger partial charge in [-0.3, -0.25) is 4.79 Å². The second-order valence-electron chi connectivity index (χ2n) is 6.48. The third-order valence-corrected chi connectivity index (χ3v) is 4.34. The number of nitrogens with one attached hydrogen (secondary N) is 1. The molecule has 0 saturated carbocycles. The fourth-order valence-corrected chi connectivity index (χ4v) is 3.34. The quantitative estimate of drug-likeness (QED) is 0.845. The van der Waals surface area contributed by atoms with Gasteiger partial charge in [0.05, 0.1) is 4.75 Å². The van der Waals surface area contributed by atoms with Gasteiger partial charge in [0.2, 0.25) is 0 Å². The van der Waals surface area contributed by atoms with Crippen LogP contribution in [-0.4, -0.2) is 33.9 Å². The molecule has 0 bridgehead atoms. The maximum Gasteiger partial charge on any atom is 0.408 e. The van der Waals surface area contributed by atoms with Gasteiger partial charge in [-0.05, 0) is 33.3 Å². The zero-order chi connectivity index (χ0) is 18.5. The van der Waals surface area contributed by atoms with E-state index in [1.807, 2.05) is 0 Å². The third-order valence-electron chi connectivity index (χ3n) is 3.16. The van der Waals surface area contributed by atoms with E-state index in [9.17, 15) is 19.5 Å². The number of thioether (sulfide) groups is 1. The molecule has 1 aromatic carbocycles. The summed E-state index contributed by atoms with van der Waals surface area (Å²) in [5.74, 6) is -1.25. The third kappa shape index (κ3) is 5.56. The Hall–Kier alpha value is -2.02. The highest BCUT2D eigenvalue weighted by molar-refractivity contribution is 8.14. The molecule has 0 fully saturated rings. The maximum atomic E-state index is 12.0. The number of hydrogen-bond acceptors (Lipinski definition) is 5. The van der Waals surface area contributed by atoms with Crippen molar-refractivity contribution < 1.29 is 24.2 Å². The molecule has 0 radical (unpaired) electrons. The van der Waals surface area contributed by atoms with Crippen LogP contribution < -0.4 is 5.32 Å². The number of benzene rings is 1. The largest absolute Gasteiger partial charge is 0.480 e. The Labute approximate surface area is 146 Å². The molecule has 0 unspecified atom stereocenters. The summed E-state index contributed by atoms with van der Waals surface area (Å²) in [5.41, 5.74) is -0.141. The summed E-state index contributed by atoms with van der Waals surface area (Å²) in [6.45, 7) is 8.03. The van der Waals surface area contributed by atoms with Gasteiger partial charge < -0.3 is 15.2 Å². The number of aliphatic carboxylic acids is 1. The molecule has 6 nitrogen and oxygen atoms in total. The number of ether oxygens (including phenoxy) is 1. The number of alkyl carbamates (subject to hydrolysis) is 1. The van der Waals surface area contributed by atoms with E-state index in [2.05, 4.69) is 5.32 Å². The SMILES string of the molecule is CC(=O)S[C@](C)(c1ccccc1)[C@H](NC(=O)OC(C)(C)C)C(=O)O. The van der Waals surface area contributed by atoms with E-state index in [0.717, 1.165) is 11.8 Å². The van der Waals surface area contributed by atoms with Gasteiger partial charge in [0.1, 0.15) is 11.6 Å². The minimum Gasteiger partial charge on any atom is -0.480 e. The number of carbonyl (C=O) groups is 3. The zero-order valence-corrected chi connectivity index (χ0v) is 15.3. The Morgan fingerprint density at radius 1 is 1.12 bits per heavy atom. The number of carbonyl (C=O) groups excluding carboxylic acids is 2. The molecule has 0 spiro atoms. The predicted molar refractivity (Wildman–Crippen MR) is 92.9 cm³/mol.